The maximum Gasteiger partial charge on any atom is 0.134 e. The molecule has 0 amide bonds. The van der Waals surface area contributed by atoms with Gasteiger partial charge in [-0.1, -0.05) is 17.0 Å². The van der Waals surface area contributed by atoms with Crippen LogP contribution in [-0.4, -0.2) is 20.8 Å². The lowest BCUT2D eigenvalue weighted by Crippen LogP contribution is -1.90. The lowest BCUT2D eigenvalue weighted by molar-refractivity contribution is 0.402. The van der Waals surface area contributed by atoms with E-state index < -0.39 is 0 Å². The molecule has 0 N–H and O–H groups in total. The summed E-state index contributed by atoms with van der Waals surface area (Å²) in [6.45, 7) is 0.136. The largest absolute Gasteiger partial charge is 0.497 e. The Bertz CT molecular complexity index is 468. The predicted octanol–water partition coefficient (Wildman–Crippen LogP) is 2.37. The van der Waals surface area contributed by atoms with E-state index in [2.05, 4.69) is 21.9 Å². The maximum atomic E-state index is 8.09. The van der Waals surface area contributed by atoms with Crippen LogP contribution in [0.1, 0.15) is 5.56 Å². The SMILES string of the molecule is COc1ccc(OC)c(C#CCN=[N+]=[N-])c1. The molecule has 0 aliphatic heterocycles. The van der Waals surface area contributed by atoms with Gasteiger partial charge in [0.25, 0.3) is 0 Å². The summed E-state index contributed by atoms with van der Waals surface area (Å²) in [5.74, 6) is 6.94. The highest BCUT2D eigenvalue weighted by molar-refractivity contribution is 5.50. The van der Waals surface area contributed by atoms with Crippen LogP contribution in [0.15, 0.2) is 23.3 Å². The maximum absolute atomic E-state index is 8.09. The van der Waals surface area contributed by atoms with Gasteiger partial charge in [-0.15, -0.1) is 0 Å². The Kier molecular flexibility index (Phi) is 4.58. The molecule has 0 saturated heterocycles. The Morgan fingerprint density at radius 3 is 2.81 bits per heavy atom. The first-order valence-corrected chi connectivity index (χ1v) is 4.53. The highest BCUT2D eigenvalue weighted by Gasteiger charge is 2.01. The Morgan fingerprint density at radius 1 is 1.38 bits per heavy atom. The molecular formula is C11H11N3O2. The monoisotopic (exact) mass is 217 g/mol. The minimum absolute atomic E-state index is 0.136. The van der Waals surface area contributed by atoms with Gasteiger partial charge in [-0.25, -0.2) is 0 Å². The van der Waals surface area contributed by atoms with Gasteiger partial charge in [0, 0.05) is 4.91 Å². The highest BCUT2D eigenvalue weighted by Crippen LogP contribution is 2.22. The smallest absolute Gasteiger partial charge is 0.134 e. The third-order valence-corrected chi connectivity index (χ3v) is 1.84. The van der Waals surface area contributed by atoms with Crippen molar-refractivity contribution in [3.05, 3.63) is 34.2 Å². The van der Waals surface area contributed by atoms with Crippen molar-refractivity contribution in [2.75, 3.05) is 20.8 Å². The molecule has 5 nitrogen and oxygen atoms in total. The molecule has 16 heavy (non-hydrogen) atoms. The molecule has 0 radical (unpaired) electrons. The zero-order valence-corrected chi connectivity index (χ0v) is 9.10. The fourth-order valence-corrected chi connectivity index (χ4v) is 1.11. The quantitative estimate of drug-likeness (QED) is 0.337. The van der Waals surface area contributed by atoms with Crippen molar-refractivity contribution < 1.29 is 9.47 Å². The first kappa shape index (κ1) is 11.8. The normalized spacial score (nSPS) is 8.38. The average Bonchev–Trinajstić information content (AvgIpc) is 2.34. The zero-order valence-electron chi connectivity index (χ0n) is 9.10. The molecule has 0 unspecified atom stereocenters. The van der Waals surface area contributed by atoms with Crippen LogP contribution in [0, 0.1) is 11.8 Å². The molecule has 1 aromatic rings. The van der Waals surface area contributed by atoms with Crippen LogP contribution in [0.5, 0.6) is 11.5 Å². The molecule has 0 heterocycles. The summed E-state index contributed by atoms with van der Waals surface area (Å²) in [5.41, 5.74) is 8.80. The number of methoxy groups -OCH3 is 2. The van der Waals surface area contributed by atoms with E-state index in [1.54, 1.807) is 32.4 Å². The van der Waals surface area contributed by atoms with Crippen LogP contribution < -0.4 is 9.47 Å². The van der Waals surface area contributed by atoms with Crippen molar-refractivity contribution in [2.24, 2.45) is 5.11 Å². The first-order chi connectivity index (χ1) is 7.81. The molecule has 0 fully saturated rings. The van der Waals surface area contributed by atoms with Gasteiger partial charge in [-0.2, -0.15) is 0 Å². The molecule has 5 heteroatoms. The number of benzene rings is 1. The van der Waals surface area contributed by atoms with Gasteiger partial charge < -0.3 is 9.47 Å². The topological polar surface area (TPSA) is 67.2 Å². The van der Waals surface area contributed by atoms with Gasteiger partial charge >= 0.3 is 0 Å². The second-order valence-corrected chi connectivity index (χ2v) is 2.76. The molecule has 0 aliphatic carbocycles. The predicted molar refractivity (Wildman–Crippen MR) is 60.4 cm³/mol. The van der Waals surface area contributed by atoms with Crippen molar-refractivity contribution >= 4 is 0 Å². The van der Waals surface area contributed by atoms with Gasteiger partial charge in [0.2, 0.25) is 0 Å². The number of hydrogen-bond donors (Lipinski definition) is 0. The summed E-state index contributed by atoms with van der Waals surface area (Å²) in [7, 11) is 3.15. The van der Waals surface area contributed by atoms with E-state index >= 15 is 0 Å². The highest BCUT2D eigenvalue weighted by atomic mass is 16.5. The van der Waals surface area contributed by atoms with E-state index in [1.165, 1.54) is 0 Å². The number of hydrogen-bond acceptors (Lipinski definition) is 3. The van der Waals surface area contributed by atoms with Crippen molar-refractivity contribution in [1.82, 2.24) is 0 Å². The summed E-state index contributed by atoms with van der Waals surface area (Å²) in [5, 5.41) is 3.32. The Labute approximate surface area is 93.6 Å². The molecule has 1 rings (SSSR count). The van der Waals surface area contributed by atoms with Crippen LogP contribution in [0.3, 0.4) is 0 Å². The third kappa shape index (κ3) is 3.12. The number of rotatable bonds is 3. The summed E-state index contributed by atoms with van der Waals surface area (Å²) in [6, 6.07) is 5.33. The number of nitrogens with zero attached hydrogens (tertiary/aromatic N) is 3. The molecule has 0 aliphatic rings. The van der Waals surface area contributed by atoms with E-state index in [0.717, 1.165) is 0 Å². The molecule has 0 saturated carbocycles. The van der Waals surface area contributed by atoms with Gasteiger partial charge in [-0.3, -0.25) is 0 Å². The summed E-state index contributed by atoms with van der Waals surface area (Å²) in [6.07, 6.45) is 0. The summed E-state index contributed by atoms with van der Waals surface area (Å²) < 4.78 is 10.2. The standard InChI is InChI=1S/C11H11N3O2/c1-15-10-5-6-11(16-2)9(8-10)4-3-7-13-14-12/h5-6,8H,7H2,1-2H3. The fraction of sp³-hybridized carbons (Fsp3) is 0.273. The van der Waals surface area contributed by atoms with E-state index in [-0.39, 0.29) is 6.54 Å². The van der Waals surface area contributed by atoms with Crippen LogP contribution >= 0.6 is 0 Å². The minimum atomic E-state index is 0.136. The lowest BCUT2D eigenvalue weighted by Gasteiger charge is -2.05. The summed E-state index contributed by atoms with van der Waals surface area (Å²) in [4.78, 5) is 2.61. The molecule has 0 aromatic heterocycles. The van der Waals surface area contributed by atoms with Gasteiger partial charge in [0.05, 0.1) is 26.3 Å². The third-order valence-electron chi connectivity index (χ3n) is 1.84. The molecule has 82 valence electrons. The molecule has 0 bridgehead atoms. The van der Waals surface area contributed by atoms with Crippen LogP contribution in [-0.2, 0) is 0 Å². The Hall–Kier alpha value is -2.31. The summed E-state index contributed by atoms with van der Waals surface area (Å²) >= 11 is 0. The van der Waals surface area contributed by atoms with Gasteiger partial charge in [0.15, 0.2) is 0 Å². The molecule has 0 spiro atoms. The van der Waals surface area contributed by atoms with Gasteiger partial charge in [0.1, 0.15) is 11.5 Å². The molecule has 0 atom stereocenters. The first-order valence-electron chi connectivity index (χ1n) is 4.53. The van der Waals surface area contributed by atoms with Crippen molar-refractivity contribution in [1.29, 1.82) is 0 Å². The van der Waals surface area contributed by atoms with Crippen LogP contribution in [0.4, 0.5) is 0 Å². The molecule has 1 aromatic carbocycles. The van der Waals surface area contributed by atoms with Crippen molar-refractivity contribution in [2.45, 2.75) is 0 Å². The average molecular weight is 217 g/mol. The Balaban J connectivity index is 2.97. The van der Waals surface area contributed by atoms with Crippen LogP contribution in [0.2, 0.25) is 0 Å². The number of azide groups is 1. The van der Waals surface area contributed by atoms with Crippen molar-refractivity contribution in [3.8, 4) is 23.3 Å². The van der Waals surface area contributed by atoms with E-state index in [4.69, 9.17) is 15.0 Å². The van der Waals surface area contributed by atoms with E-state index in [9.17, 15) is 0 Å². The zero-order chi connectivity index (χ0) is 11.8. The van der Waals surface area contributed by atoms with Gasteiger partial charge in [-0.05, 0) is 23.7 Å². The second kappa shape index (κ2) is 6.23. The van der Waals surface area contributed by atoms with E-state index in [0.29, 0.717) is 17.1 Å². The van der Waals surface area contributed by atoms with E-state index in [1.807, 2.05) is 0 Å². The molecular weight excluding hydrogens is 206 g/mol. The lowest BCUT2D eigenvalue weighted by atomic mass is 10.2. The minimum Gasteiger partial charge on any atom is -0.497 e. The Morgan fingerprint density at radius 2 is 2.19 bits per heavy atom. The van der Waals surface area contributed by atoms with Crippen molar-refractivity contribution in [3.63, 3.8) is 0 Å². The second-order valence-electron chi connectivity index (χ2n) is 2.76. The van der Waals surface area contributed by atoms with Crippen LogP contribution in [0.25, 0.3) is 10.4 Å². The fourth-order valence-electron chi connectivity index (χ4n) is 1.11. The number of ether oxygens (including phenoxy) is 2.